The maximum atomic E-state index is 14.9. The number of piperidine rings is 1. The Kier molecular flexibility index (Phi) is 8.14. The molecule has 0 aliphatic carbocycles. The third-order valence-electron chi connectivity index (χ3n) is 7.32. The zero-order valence-electron chi connectivity index (χ0n) is 23.7. The molecule has 2 atom stereocenters. The van der Waals surface area contributed by atoms with Gasteiger partial charge in [0.15, 0.2) is 0 Å². The monoisotopic (exact) mass is 595 g/mol. The van der Waals surface area contributed by atoms with Crippen molar-refractivity contribution in [2.24, 2.45) is 0 Å². The van der Waals surface area contributed by atoms with Gasteiger partial charge in [0, 0.05) is 18.8 Å². The van der Waals surface area contributed by atoms with Crippen LogP contribution in [-0.2, 0) is 25.9 Å². The summed E-state index contributed by atoms with van der Waals surface area (Å²) in [5.41, 5.74) is 0.710. The van der Waals surface area contributed by atoms with Crippen molar-refractivity contribution < 1.29 is 31.9 Å². The molecular weight excluding hydrogens is 561 g/mol. The first kappa shape index (κ1) is 29.4. The SMILES string of the molecule is CC(C)(C)OC(=O)N1CC2C1CCCN2c1cccc(S(=O)(=O)c2ccc(NC(=O)OCc3ccccc3)c(F)c2)c1. The minimum absolute atomic E-state index is 0.00868. The molecule has 0 saturated carbocycles. The van der Waals surface area contributed by atoms with Crippen LogP contribution in [0.1, 0.15) is 39.2 Å². The van der Waals surface area contributed by atoms with Gasteiger partial charge in [0.2, 0.25) is 9.84 Å². The van der Waals surface area contributed by atoms with Gasteiger partial charge in [-0.25, -0.2) is 22.4 Å². The highest BCUT2D eigenvalue weighted by atomic mass is 32.2. The second kappa shape index (κ2) is 11.6. The van der Waals surface area contributed by atoms with Crippen LogP contribution in [0.5, 0.6) is 0 Å². The Morgan fingerprint density at radius 2 is 1.71 bits per heavy atom. The Morgan fingerprint density at radius 1 is 0.976 bits per heavy atom. The van der Waals surface area contributed by atoms with Gasteiger partial charge in [-0.3, -0.25) is 5.32 Å². The van der Waals surface area contributed by atoms with Crippen LogP contribution in [0.4, 0.5) is 25.4 Å². The topological polar surface area (TPSA) is 105 Å². The molecule has 2 aliphatic heterocycles. The van der Waals surface area contributed by atoms with Gasteiger partial charge in [-0.2, -0.15) is 0 Å². The molecule has 2 unspecified atom stereocenters. The van der Waals surface area contributed by atoms with Gasteiger partial charge in [0.05, 0.1) is 27.6 Å². The van der Waals surface area contributed by atoms with Gasteiger partial charge in [0.25, 0.3) is 0 Å². The summed E-state index contributed by atoms with van der Waals surface area (Å²) in [6.07, 6.45) is 0.483. The molecule has 0 spiro atoms. The number of anilines is 2. The molecule has 42 heavy (non-hydrogen) atoms. The van der Waals surface area contributed by atoms with Crippen molar-refractivity contribution in [3.8, 4) is 0 Å². The number of nitrogens with zero attached hydrogens (tertiary/aromatic N) is 2. The van der Waals surface area contributed by atoms with Crippen LogP contribution in [0.3, 0.4) is 0 Å². The summed E-state index contributed by atoms with van der Waals surface area (Å²) >= 11 is 0. The number of hydrogen-bond donors (Lipinski definition) is 1. The van der Waals surface area contributed by atoms with Crippen LogP contribution in [-0.4, -0.2) is 56.3 Å². The lowest BCUT2D eigenvalue weighted by atomic mass is 9.86. The van der Waals surface area contributed by atoms with Crippen molar-refractivity contribution in [3.05, 3.63) is 84.2 Å². The second-order valence-corrected chi connectivity index (χ2v) is 13.4. The lowest BCUT2D eigenvalue weighted by Gasteiger charge is -2.55. The Labute approximate surface area is 245 Å². The summed E-state index contributed by atoms with van der Waals surface area (Å²) in [5, 5.41) is 2.32. The molecule has 1 N–H and O–H groups in total. The first-order valence-electron chi connectivity index (χ1n) is 13.8. The number of halogens is 1. The molecule has 0 bridgehead atoms. The second-order valence-electron chi connectivity index (χ2n) is 11.4. The molecule has 0 aromatic heterocycles. The number of sulfone groups is 1. The first-order chi connectivity index (χ1) is 19.9. The van der Waals surface area contributed by atoms with E-state index < -0.39 is 27.3 Å². The van der Waals surface area contributed by atoms with E-state index in [1.165, 1.54) is 18.2 Å². The van der Waals surface area contributed by atoms with E-state index in [4.69, 9.17) is 9.47 Å². The van der Waals surface area contributed by atoms with Crippen molar-refractivity contribution in [2.45, 2.75) is 67.7 Å². The summed E-state index contributed by atoms with van der Waals surface area (Å²) in [5.74, 6) is -0.903. The number of benzene rings is 3. The minimum atomic E-state index is -4.07. The van der Waals surface area contributed by atoms with Gasteiger partial charge < -0.3 is 19.3 Å². The summed E-state index contributed by atoms with van der Waals surface area (Å²) < 4.78 is 52.5. The van der Waals surface area contributed by atoms with Gasteiger partial charge in [-0.15, -0.1) is 0 Å². The van der Waals surface area contributed by atoms with E-state index in [1.807, 2.05) is 45.0 Å². The normalized spacial score (nSPS) is 18.5. The van der Waals surface area contributed by atoms with Crippen LogP contribution >= 0.6 is 0 Å². The molecule has 3 aromatic carbocycles. The highest BCUT2D eigenvalue weighted by Crippen LogP contribution is 2.37. The zero-order chi connectivity index (χ0) is 30.1. The maximum absolute atomic E-state index is 14.9. The van der Waals surface area contributed by atoms with E-state index in [0.29, 0.717) is 6.54 Å². The summed E-state index contributed by atoms with van der Waals surface area (Å²) in [6, 6.07) is 19.0. The highest BCUT2D eigenvalue weighted by Gasteiger charge is 2.48. The number of hydrogen-bond acceptors (Lipinski definition) is 7. The molecule has 3 aromatic rings. The molecular formula is C31H34FN3O6S. The molecule has 11 heteroatoms. The van der Waals surface area contributed by atoms with Crippen LogP contribution < -0.4 is 10.2 Å². The molecule has 222 valence electrons. The Morgan fingerprint density at radius 3 is 2.43 bits per heavy atom. The fraction of sp³-hybridized carbons (Fsp3) is 0.355. The van der Waals surface area contributed by atoms with Crippen molar-refractivity contribution in [2.75, 3.05) is 23.3 Å². The Bertz CT molecular complexity index is 1570. The number of likely N-dealkylation sites (tertiary alicyclic amines) is 1. The molecule has 9 nitrogen and oxygen atoms in total. The van der Waals surface area contributed by atoms with Gasteiger partial charge in [-0.1, -0.05) is 36.4 Å². The Hall–Kier alpha value is -4.12. The maximum Gasteiger partial charge on any atom is 0.412 e. The van der Waals surface area contributed by atoms with Crippen molar-refractivity contribution >= 4 is 33.4 Å². The third-order valence-corrected chi connectivity index (χ3v) is 9.06. The number of fused-ring (bicyclic) bond motifs is 1. The van der Waals surface area contributed by atoms with E-state index in [2.05, 4.69) is 10.2 Å². The van der Waals surface area contributed by atoms with Gasteiger partial charge in [-0.05, 0) is 75.6 Å². The molecule has 2 saturated heterocycles. The standard InChI is InChI=1S/C31H34FN3O6S/c1-31(2,3)41-30(37)35-19-28-27(35)13-8-16-34(28)22-11-7-12-23(17-22)42(38,39)24-14-15-26(25(32)18-24)33-29(36)40-20-21-9-5-4-6-10-21/h4-7,9-12,14-15,17-18,27-28H,8,13,16,19-20H2,1-3H3,(H,33,36). The molecule has 2 heterocycles. The van der Waals surface area contributed by atoms with Crippen molar-refractivity contribution in [3.63, 3.8) is 0 Å². The first-order valence-corrected chi connectivity index (χ1v) is 15.3. The van der Waals surface area contributed by atoms with E-state index in [0.717, 1.165) is 36.7 Å². The van der Waals surface area contributed by atoms with Gasteiger partial charge >= 0.3 is 12.2 Å². The van der Waals surface area contributed by atoms with Crippen LogP contribution in [0, 0.1) is 5.82 Å². The summed E-state index contributed by atoms with van der Waals surface area (Å²) in [6.45, 7) is 6.72. The number of ether oxygens (including phenoxy) is 2. The molecule has 2 aliphatic rings. The quantitative estimate of drug-likeness (QED) is 0.373. The average molecular weight is 596 g/mol. The predicted octanol–water partition coefficient (Wildman–Crippen LogP) is 6.00. The van der Waals surface area contributed by atoms with Crippen LogP contribution in [0.25, 0.3) is 0 Å². The average Bonchev–Trinajstić information content (AvgIpc) is 2.93. The molecule has 2 amide bonds. The van der Waals surface area contributed by atoms with E-state index in [-0.39, 0.29) is 40.3 Å². The molecule has 2 fully saturated rings. The fourth-order valence-electron chi connectivity index (χ4n) is 5.27. The predicted molar refractivity (Wildman–Crippen MR) is 156 cm³/mol. The fourth-order valence-corrected chi connectivity index (χ4v) is 6.58. The van der Waals surface area contributed by atoms with E-state index >= 15 is 0 Å². The number of rotatable bonds is 6. The number of carbonyl (C=O) groups excluding carboxylic acids is 2. The van der Waals surface area contributed by atoms with E-state index in [9.17, 15) is 22.4 Å². The van der Waals surface area contributed by atoms with E-state index in [1.54, 1.807) is 29.2 Å². The number of amides is 2. The number of nitrogens with one attached hydrogen (secondary N) is 1. The molecule has 5 rings (SSSR count). The minimum Gasteiger partial charge on any atom is -0.444 e. The zero-order valence-corrected chi connectivity index (χ0v) is 24.6. The summed E-state index contributed by atoms with van der Waals surface area (Å²) in [7, 11) is -4.07. The van der Waals surface area contributed by atoms with Gasteiger partial charge in [0.1, 0.15) is 18.0 Å². The summed E-state index contributed by atoms with van der Waals surface area (Å²) in [4.78, 5) is 28.4. The van der Waals surface area contributed by atoms with Crippen LogP contribution in [0.2, 0.25) is 0 Å². The molecule has 0 radical (unpaired) electrons. The third kappa shape index (κ3) is 6.35. The lowest BCUT2D eigenvalue weighted by Crippen LogP contribution is -2.70. The Balaban J connectivity index is 1.27. The van der Waals surface area contributed by atoms with Crippen LogP contribution in [0.15, 0.2) is 82.6 Å². The lowest BCUT2D eigenvalue weighted by molar-refractivity contribution is -0.0203. The number of carbonyl (C=O) groups is 2. The smallest absolute Gasteiger partial charge is 0.412 e. The van der Waals surface area contributed by atoms with Crippen molar-refractivity contribution in [1.82, 2.24) is 4.90 Å². The largest absolute Gasteiger partial charge is 0.444 e. The highest BCUT2D eigenvalue weighted by molar-refractivity contribution is 7.91. The van der Waals surface area contributed by atoms with Crippen molar-refractivity contribution in [1.29, 1.82) is 0 Å².